The van der Waals surface area contributed by atoms with E-state index in [9.17, 15) is 0 Å². The maximum absolute atomic E-state index is 3.58. The highest BCUT2D eigenvalue weighted by Gasteiger charge is 2.26. The van der Waals surface area contributed by atoms with E-state index in [4.69, 9.17) is 0 Å². The molecule has 1 saturated carbocycles. The summed E-state index contributed by atoms with van der Waals surface area (Å²) in [6.45, 7) is 2.31. The Kier molecular flexibility index (Phi) is 7.06. The van der Waals surface area contributed by atoms with Gasteiger partial charge in [0.05, 0.1) is 3.79 Å². The number of hydrogen-bond acceptors (Lipinski definition) is 2. The fourth-order valence-corrected chi connectivity index (χ4v) is 5.10. The molecule has 1 unspecified atom stereocenters. The Morgan fingerprint density at radius 1 is 1.30 bits per heavy atom. The first-order chi connectivity index (χ1) is 9.72. The average molecular weight is 358 g/mol. The molecule has 1 nitrogen and oxygen atoms in total. The van der Waals surface area contributed by atoms with Gasteiger partial charge < -0.3 is 5.32 Å². The fraction of sp³-hybridized carbons (Fsp3) is 0.765. The molecular weight excluding hydrogens is 330 g/mol. The Morgan fingerprint density at radius 3 is 2.60 bits per heavy atom. The minimum atomic E-state index is 0.660. The minimum absolute atomic E-state index is 0.660. The molecule has 1 aromatic rings. The van der Waals surface area contributed by atoms with E-state index >= 15 is 0 Å². The molecule has 0 saturated heterocycles. The SMILES string of the molecule is CCCCC1CCC(C(Cc2ccc(Br)s2)NC)CC1. The second-order valence-corrected chi connectivity index (χ2v) is 8.78. The van der Waals surface area contributed by atoms with Gasteiger partial charge in [-0.15, -0.1) is 11.3 Å². The third-order valence-corrected chi connectivity index (χ3v) is 6.49. The molecule has 114 valence electrons. The van der Waals surface area contributed by atoms with Gasteiger partial charge in [-0.25, -0.2) is 0 Å². The summed E-state index contributed by atoms with van der Waals surface area (Å²) in [5.74, 6) is 1.89. The van der Waals surface area contributed by atoms with Gasteiger partial charge >= 0.3 is 0 Å². The number of unbranched alkanes of at least 4 members (excludes halogenated alkanes) is 1. The van der Waals surface area contributed by atoms with E-state index < -0.39 is 0 Å². The zero-order valence-corrected chi connectivity index (χ0v) is 15.2. The summed E-state index contributed by atoms with van der Waals surface area (Å²) in [6, 6.07) is 5.10. The van der Waals surface area contributed by atoms with Crippen LogP contribution >= 0.6 is 27.3 Å². The first-order valence-electron chi connectivity index (χ1n) is 8.14. The van der Waals surface area contributed by atoms with E-state index in [1.54, 1.807) is 0 Å². The van der Waals surface area contributed by atoms with Gasteiger partial charge in [-0.2, -0.15) is 0 Å². The summed E-state index contributed by atoms with van der Waals surface area (Å²) in [5, 5.41) is 3.58. The van der Waals surface area contributed by atoms with Crippen LogP contribution in [0.3, 0.4) is 0 Å². The van der Waals surface area contributed by atoms with Gasteiger partial charge in [0.1, 0.15) is 0 Å². The topological polar surface area (TPSA) is 12.0 Å². The van der Waals surface area contributed by atoms with Crippen LogP contribution in [0.2, 0.25) is 0 Å². The monoisotopic (exact) mass is 357 g/mol. The molecule has 1 N–H and O–H groups in total. The maximum atomic E-state index is 3.58. The second kappa shape index (κ2) is 8.55. The number of thiophene rings is 1. The number of likely N-dealkylation sites (N-methyl/N-ethyl adjacent to an activating group) is 1. The van der Waals surface area contributed by atoms with Gasteiger partial charge in [-0.1, -0.05) is 39.0 Å². The molecular formula is C17H28BrNS. The van der Waals surface area contributed by atoms with Gasteiger partial charge in [-0.3, -0.25) is 0 Å². The van der Waals surface area contributed by atoms with Crippen LogP contribution in [0.1, 0.15) is 56.7 Å². The standard InChI is InChI=1S/C17H28BrNS/c1-3-4-5-13-6-8-14(9-7-13)16(19-2)12-15-10-11-17(18)20-15/h10-11,13-14,16,19H,3-9,12H2,1-2H3. The van der Waals surface area contributed by atoms with Crippen molar-refractivity contribution in [2.24, 2.45) is 11.8 Å². The van der Waals surface area contributed by atoms with Gasteiger partial charge in [0.25, 0.3) is 0 Å². The Labute approximate surface area is 136 Å². The first kappa shape index (κ1) is 16.5. The molecule has 0 aliphatic heterocycles. The number of nitrogens with one attached hydrogen (secondary N) is 1. The normalized spacial score (nSPS) is 24.8. The lowest BCUT2D eigenvalue weighted by Crippen LogP contribution is -2.37. The summed E-state index contributed by atoms with van der Waals surface area (Å²) >= 11 is 5.45. The lowest BCUT2D eigenvalue weighted by molar-refractivity contribution is 0.216. The minimum Gasteiger partial charge on any atom is -0.316 e. The van der Waals surface area contributed by atoms with Crippen molar-refractivity contribution in [3.8, 4) is 0 Å². The predicted molar refractivity (Wildman–Crippen MR) is 93.5 cm³/mol. The summed E-state index contributed by atoms with van der Waals surface area (Å²) in [6.07, 6.45) is 11.2. The third kappa shape index (κ3) is 4.85. The Morgan fingerprint density at radius 2 is 2.05 bits per heavy atom. The molecule has 3 heteroatoms. The molecule has 1 aliphatic carbocycles. The van der Waals surface area contributed by atoms with Crippen LogP contribution in [0.5, 0.6) is 0 Å². The zero-order chi connectivity index (χ0) is 14.4. The van der Waals surface area contributed by atoms with Gasteiger partial charge in [0.2, 0.25) is 0 Å². The molecule has 0 amide bonds. The Hall–Kier alpha value is 0.140. The van der Waals surface area contributed by atoms with Crippen molar-refractivity contribution in [3.63, 3.8) is 0 Å². The molecule has 0 spiro atoms. The van der Waals surface area contributed by atoms with Crippen molar-refractivity contribution in [1.29, 1.82) is 0 Å². The largest absolute Gasteiger partial charge is 0.316 e. The fourth-order valence-electron chi connectivity index (χ4n) is 3.55. The van der Waals surface area contributed by atoms with E-state index in [1.807, 2.05) is 11.3 Å². The molecule has 1 heterocycles. The Bertz CT molecular complexity index is 382. The highest BCUT2D eigenvalue weighted by Crippen LogP contribution is 2.35. The Balaban J connectivity index is 1.81. The van der Waals surface area contributed by atoms with E-state index in [0.717, 1.165) is 11.8 Å². The van der Waals surface area contributed by atoms with Crippen LogP contribution < -0.4 is 5.32 Å². The maximum Gasteiger partial charge on any atom is 0.0701 e. The van der Waals surface area contributed by atoms with Crippen molar-refractivity contribution in [3.05, 3.63) is 20.8 Å². The zero-order valence-electron chi connectivity index (χ0n) is 12.8. The molecule has 1 fully saturated rings. The molecule has 2 rings (SSSR count). The quantitative estimate of drug-likeness (QED) is 0.665. The van der Waals surface area contributed by atoms with E-state index in [2.05, 4.69) is 47.4 Å². The van der Waals surface area contributed by atoms with Gasteiger partial charge in [0, 0.05) is 10.9 Å². The summed E-state index contributed by atoms with van der Waals surface area (Å²) in [4.78, 5) is 1.50. The summed E-state index contributed by atoms with van der Waals surface area (Å²) in [5.41, 5.74) is 0. The average Bonchev–Trinajstić information content (AvgIpc) is 2.88. The van der Waals surface area contributed by atoms with Crippen LogP contribution in [0.4, 0.5) is 0 Å². The van der Waals surface area contributed by atoms with E-state index in [-0.39, 0.29) is 0 Å². The molecule has 0 radical (unpaired) electrons. The van der Waals surface area contributed by atoms with Crippen molar-refractivity contribution in [1.82, 2.24) is 5.32 Å². The van der Waals surface area contributed by atoms with Crippen LogP contribution in [-0.2, 0) is 6.42 Å². The molecule has 1 aromatic heterocycles. The van der Waals surface area contributed by atoms with Crippen molar-refractivity contribution >= 4 is 27.3 Å². The highest BCUT2D eigenvalue weighted by atomic mass is 79.9. The van der Waals surface area contributed by atoms with Crippen LogP contribution in [0, 0.1) is 11.8 Å². The van der Waals surface area contributed by atoms with Gasteiger partial charge in [0.15, 0.2) is 0 Å². The second-order valence-electron chi connectivity index (χ2n) is 6.23. The predicted octanol–water partition coefficient (Wildman–Crippen LogP) is 5.64. The van der Waals surface area contributed by atoms with E-state index in [1.165, 1.54) is 60.0 Å². The molecule has 1 atom stereocenters. The molecule has 0 aromatic carbocycles. The van der Waals surface area contributed by atoms with Gasteiger partial charge in [-0.05, 0) is 66.2 Å². The number of halogens is 1. The summed E-state index contributed by atoms with van der Waals surface area (Å²) in [7, 11) is 2.14. The molecule has 1 aliphatic rings. The highest BCUT2D eigenvalue weighted by molar-refractivity contribution is 9.11. The third-order valence-electron chi connectivity index (χ3n) is 4.85. The van der Waals surface area contributed by atoms with Crippen molar-refractivity contribution in [2.75, 3.05) is 7.05 Å². The lowest BCUT2D eigenvalue weighted by atomic mass is 9.76. The van der Waals surface area contributed by atoms with Crippen LogP contribution in [0.25, 0.3) is 0 Å². The number of hydrogen-bond donors (Lipinski definition) is 1. The first-order valence-corrected chi connectivity index (χ1v) is 9.75. The van der Waals surface area contributed by atoms with Crippen LogP contribution in [0.15, 0.2) is 15.9 Å². The van der Waals surface area contributed by atoms with E-state index in [0.29, 0.717) is 6.04 Å². The molecule has 20 heavy (non-hydrogen) atoms. The molecule has 0 bridgehead atoms. The lowest BCUT2D eigenvalue weighted by Gasteiger charge is -2.33. The van der Waals surface area contributed by atoms with Crippen molar-refractivity contribution in [2.45, 2.75) is 64.3 Å². The van der Waals surface area contributed by atoms with Crippen molar-refractivity contribution < 1.29 is 0 Å². The smallest absolute Gasteiger partial charge is 0.0701 e. The summed E-state index contributed by atoms with van der Waals surface area (Å²) < 4.78 is 1.26. The van der Waals surface area contributed by atoms with Crippen LogP contribution in [-0.4, -0.2) is 13.1 Å². The number of rotatable bonds is 7.